The van der Waals surface area contributed by atoms with Crippen molar-refractivity contribution in [3.63, 3.8) is 0 Å². The fourth-order valence-electron chi connectivity index (χ4n) is 2.50. The van der Waals surface area contributed by atoms with Gasteiger partial charge in [-0.3, -0.25) is 9.67 Å². The molecule has 0 aliphatic rings. The quantitative estimate of drug-likeness (QED) is 0.324. The van der Waals surface area contributed by atoms with Crippen LogP contribution in [0.2, 0.25) is 0 Å². The second-order valence-electron chi connectivity index (χ2n) is 6.25. The number of nitrogens with zero attached hydrogens (tertiary/aromatic N) is 3. The van der Waals surface area contributed by atoms with Gasteiger partial charge < -0.3 is 20.1 Å². The van der Waals surface area contributed by atoms with E-state index in [1.165, 1.54) is 0 Å². The lowest BCUT2D eigenvalue weighted by molar-refractivity contribution is 0.213. The zero-order valence-electron chi connectivity index (χ0n) is 16.4. The number of guanidine groups is 1. The van der Waals surface area contributed by atoms with Gasteiger partial charge >= 0.3 is 0 Å². The van der Waals surface area contributed by atoms with Gasteiger partial charge in [0.05, 0.1) is 13.7 Å². The molecule has 0 amide bonds. The molecule has 2 rings (SSSR count). The highest BCUT2D eigenvalue weighted by molar-refractivity contribution is 14.0. The molecule has 2 unspecified atom stereocenters. The van der Waals surface area contributed by atoms with E-state index in [-0.39, 0.29) is 30.1 Å². The molecule has 0 radical (unpaired) electrons. The van der Waals surface area contributed by atoms with E-state index in [0.717, 1.165) is 30.5 Å². The fraction of sp³-hybridized carbons (Fsp3) is 0.474. The van der Waals surface area contributed by atoms with Crippen LogP contribution in [0.1, 0.15) is 13.8 Å². The van der Waals surface area contributed by atoms with E-state index in [4.69, 9.17) is 9.47 Å². The van der Waals surface area contributed by atoms with Crippen molar-refractivity contribution < 1.29 is 9.47 Å². The van der Waals surface area contributed by atoms with Gasteiger partial charge in [-0.2, -0.15) is 5.10 Å². The van der Waals surface area contributed by atoms with Crippen molar-refractivity contribution in [1.29, 1.82) is 0 Å². The number of benzene rings is 1. The number of hydrogen-bond donors (Lipinski definition) is 2. The molecule has 2 aromatic rings. The Labute approximate surface area is 178 Å². The second-order valence-corrected chi connectivity index (χ2v) is 6.25. The van der Waals surface area contributed by atoms with Crippen molar-refractivity contribution in [2.75, 3.05) is 27.2 Å². The summed E-state index contributed by atoms with van der Waals surface area (Å²) in [6.07, 6.45) is 3.73. The van der Waals surface area contributed by atoms with Gasteiger partial charge in [0.1, 0.15) is 6.10 Å². The first kappa shape index (κ1) is 23.1. The predicted octanol–water partition coefficient (Wildman–Crippen LogP) is 2.78. The van der Waals surface area contributed by atoms with E-state index in [9.17, 15) is 0 Å². The van der Waals surface area contributed by atoms with Gasteiger partial charge in [0.2, 0.25) is 0 Å². The Kier molecular flexibility index (Phi) is 10.6. The smallest absolute Gasteiger partial charge is 0.191 e. The maximum Gasteiger partial charge on any atom is 0.191 e. The average molecular weight is 487 g/mol. The molecule has 0 aliphatic heterocycles. The largest absolute Gasteiger partial charge is 0.493 e. The number of aromatic nitrogens is 2. The van der Waals surface area contributed by atoms with Gasteiger partial charge in [-0.05, 0) is 31.0 Å². The van der Waals surface area contributed by atoms with Crippen molar-refractivity contribution >= 4 is 29.9 Å². The lowest BCUT2D eigenvalue weighted by Gasteiger charge is -2.20. The maximum atomic E-state index is 5.95. The molecule has 1 aromatic heterocycles. The van der Waals surface area contributed by atoms with Gasteiger partial charge in [0.15, 0.2) is 17.5 Å². The minimum Gasteiger partial charge on any atom is -0.493 e. The lowest BCUT2D eigenvalue weighted by Crippen LogP contribution is -2.43. The highest BCUT2D eigenvalue weighted by atomic mass is 127. The van der Waals surface area contributed by atoms with Crippen molar-refractivity contribution in [2.24, 2.45) is 10.9 Å². The number of hydrogen-bond acceptors (Lipinski definition) is 4. The Morgan fingerprint density at radius 3 is 2.48 bits per heavy atom. The van der Waals surface area contributed by atoms with Crippen LogP contribution < -0.4 is 20.1 Å². The summed E-state index contributed by atoms with van der Waals surface area (Å²) < 4.78 is 13.2. The average Bonchev–Trinajstić information content (AvgIpc) is 3.15. The first-order chi connectivity index (χ1) is 12.6. The molecular formula is C19H30IN5O2. The highest BCUT2D eigenvalue weighted by Gasteiger charge is 2.10. The Morgan fingerprint density at radius 2 is 1.85 bits per heavy atom. The summed E-state index contributed by atoms with van der Waals surface area (Å²) in [5.41, 5.74) is 0. The van der Waals surface area contributed by atoms with Crippen LogP contribution in [-0.2, 0) is 6.54 Å². The van der Waals surface area contributed by atoms with Crippen molar-refractivity contribution in [1.82, 2.24) is 20.4 Å². The topological polar surface area (TPSA) is 72.7 Å². The van der Waals surface area contributed by atoms with E-state index in [0.29, 0.717) is 12.5 Å². The molecule has 0 saturated carbocycles. The number of para-hydroxylation sites is 2. The predicted molar refractivity (Wildman–Crippen MR) is 119 cm³/mol. The molecule has 150 valence electrons. The summed E-state index contributed by atoms with van der Waals surface area (Å²) in [5, 5.41) is 10.9. The molecular weight excluding hydrogens is 457 g/mol. The van der Waals surface area contributed by atoms with E-state index < -0.39 is 0 Å². The normalized spacial score (nSPS) is 13.3. The fourth-order valence-corrected chi connectivity index (χ4v) is 2.50. The van der Waals surface area contributed by atoms with Crippen LogP contribution in [0.25, 0.3) is 0 Å². The Hall–Kier alpha value is -1.97. The first-order valence-electron chi connectivity index (χ1n) is 8.84. The number of nitrogens with one attached hydrogen (secondary N) is 2. The number of methoxy groups -OCH3 is 1. The molecule has 2 atom stereocenters. The van der Waals surface area contributed by atoms with E-state index in [2.05, 4.69) is 27.6 Å². The van der Waals surface area contributed by atoms with E-state index >= 15 is 0 Å². The Bertz CT molecular complexity index is 678. The van der Waals surface area contributed by atoms with Gasteiger partial charge in [-0.1, -0.05) is 19.1 Å². The van der Waals surface area contributed by atoms with E-state index in [1.54, 1.807) is 20.4 Å². The van der Waals surface area contributed by atoms with Gasteiger partial charge in [-0.15, -0.1) is 24.0 Å². The second kappa shape index (κ2) is 12.4. The molecule has 2 N–H and O–H groups in total. The molecule has 27 heavy (non-hydrogen) atoms. The van der Waals surface area contributed by atoms with Crippen LogP contribution in [0, 0.1) is 5.92 Å². The lowest BCUT2D eigenvalue weighted by atomic mass is 10.2. The summed E-state index contributed by atoms with van der Waals surface area (Å²) in [7, 11) is 3.40. The van der Waals surface area contributed by atoms with E-state index in [1.807, 2.05) is 48.1 Å². The molecule has 8 heteroatoms. The maximum absolute atomic E-state index is 5.95. The molecule has 0 bridgehead atoms. The monoisotopic (exact) mass is 487 g/mol. The van der Waals surface area contributed by atoms with Crippen molar-refractivity contribution in [3.05, 3.63) is 42.7 Å². The van der Waals surface area contributed by atoms with Crippen molar-refractivity contribution in [2.45, 2.75) is 26.5 Å². The van der Waals surface area contributed by atoms with Gasteiger partial charge in [-0.25, -0.2) is 0 Å². The number of rotatable bonds is 9. The van der Waals surface area contributed by atoms with Crippen LogP contribution in [0.4, 0.5) is 0 Å². The molecule has 1 aromatic carbocycles. The molecule has 7 nitrogen and oxygen atoms in total. The molecule has 0 saturated heterocycles. The van der Waals surface area contributed by atoms with Crippen LogP contribution >= 0.6 is 24.0 Å². The highest BCUT2D eigenvalue weighted by Crippen LogP contribution is 2.26. The molecule has 0 spiro atoms. The Balaban J connectivity index is 0.00000364. The SMILES string of the molecule is CN=C(NCC(C)Cn1cccn1)NCC(C)Oc1ccccc1OC.I. The number of ether oxygens (including phenoxy) is 2. The zero-order valence-corrected chi connectivity index (χ0v) is 18.7. The van der Waals surface area contributed by atoms with Gasteiger partial charge in [0.25, 0.3) is 0 Å². The first-order valence-corrected chi connectivity index (χ1v) is 8.84. The Morgan fingerprint density at radius 1 is 1.15 bits per heavy atom. The van der Waals surface area contributed by atoms with Crippen LogP contribution in [0.3, 0.4) is 0 Å². The van der Waals surface area contributed by atoms with Crippen LogP contribution in [-0.4, -0.2) is 49.1 Å². The molecule has 0 fully saturated rings. The summed E-state index contributed by atoms with van der Waals surface area (Å²) in [4.78, 5) is 4.26. The van der Waals surface area contributed by atoms with Crippen LogP contribution in [0.15, 0.2) is 47.7 Å². The minimum atomic E-state index is -0.0358. The number of halogens is 1. The summed E-state index contributed by atoms with van der Waals surface area (Å²) in [5.74, 6) is 2.65. The van der Waals surface area contributed by atoms with Crippen molar-refractivity contribution in [3.8, 4) is 11.5 Å². The molecule has 1 heterocycles. The number of aliphatic imine (C=N–C) groups is 1. The summed E-state index contributed by atoms with van der Waals surface area (Å²) in [6, 6.07) is 9.57. The molecule has 0 aliphatic carbocycles. The van der Waals surface area contributed by atoms with Gasteiger partial charge in [0, 0.05) is 32.5 Å². The summed E-state index contributed by atoms with van der Waals surface area (Å²) >= 11 is 0. The minimum absolute atomic E-state index is 0. The zero-order chi connectivity index (χ0) is 18.8. The third-order valence-corrected chi connectivity index (χ3v) is 3.85. The van der Waals surface area contributed by atoms with Crippen LogP contribution in [0.5, 0.6) is 11.5 Å². The third kappa shape index (κ3) is 8.06. The third-order valence-electron chi connectivity index (χ3n) is 3.85. The summed E-state index contributed by atoms with van der Waals surface area (Å²) in [6.45, 7) is 6.49. The standard InChI is InChI=1S/C19H29N5O2.HI/c1-15(14-24-11-7-10-23-24)12-21-19(20-3)22-13-16(2)26-18-9-6-5-8-17(18)25-4;/h5-11,15-16H,12-14H2,1-4H3,(H2,20,21,22);1H.